The number of hydrogen-bond acceptors (Lipinski definition) is 4. The summed E-state index contributed by atoms with van der Waals surface area (Å²) in [5.41, 5.74) is 1.68. The molecule has 0 fully saturated rings. The molecule has 140 valence electrons. The van der Waals surface area contributed by atoms with E-state index >= 15 is 0 Å². The van der Waals surface area contributed by atoms with E-state index in [4.69, 9.17) is 0 Å². The molecule has 7 nitrogen and oxygen atoms in total. The van der Waals surface area contributed by atoms with Gasteiger partial charge in [0.25, 0.3) is 5.56 Å². The number of benzene rings is 2. The summed E-state index contributed by atoms with van der Waals surface area (Å²) in [6.07, 6.45) is 1.54. The van der Waals surface area contributed by atoms with Crippen LogP contribution in [-0.4, -0.2) is 24.3 Å². The van der Waals surface area contributed by atoms with Gasteiger partial charge in [-0.25, -0.2) is 19.0 Å². The van der Waals surface area contributed by atoms with Crippen molar-refractivity contribution in [1.29, 1.82) is 0 Å². The fraction of sp³-hybridized carbons (Fsp3) is 0. The molecule has 5 aromatic rings. The van der Waals surface area contributed by atoms with E-state index in [2.05, 4.69) is 15.1 Å². The van der Waals surface area contributed by atoms with Gasteiger partial charge in [0.05, 0.1) is 5.69 Å². The van der Waals surface area contributed by atoms with Crippen LogP contribution in [-0.2, 0) is 0 Å². The van der Waals surface area contributed by atoms with Gasteiger partial charge in [0.15, 0.2) is 5.52 Å². The van der Waals surface area contributed by atoms with Crippen molar-refractivity contribution in [2.75, 3.05) is 0 Å². The van der Waals surface area contributed by atoms with Gasteiger partial charge in [0.1, 0.15) is 17.0 Å². The molecule has 0 saturated heterocycles. The van der Waals surface area contributed by atoms with Gasteiger partial charge in [0.2, 0.25) is 0 Å². The minimum Gasteiger partial charge on any atom is -0.303 e. The summed E-state index contributed by atoms with van der Waals surface area (Å²) in [6, 6.07) is 23.9. The molecule has 0 saturated carbocycles. The SMILES string of the molecule is O=c1[nH]c2c(-c3ccccc3)nn(-c3ccccc3)c2c(=O)n1-c1ccccn1. The van der Waals surface area contributed by atoms with Crippen LogP contribution in [0.4, 0.5) is 0 Å². The minimum absolute atomic E-state index is 0.253. The molecule has 0 spiro atoms. The summed E-state index contributed by atoms with van der Waals surface area (Å²) >= 11 is 0. The zero-order valence-electron chi connectivity index (χ0n) is 15.2. The standard InChI is InChI=1S/C22H15N5O2/c28-21-20-19(24-22(29)26(21)17-13-7-8-14-23-17)18(15-9-3-1-4-10-15)25-27(20)16-11-5-2-6-12-16/h1-14H,(H,24,29). The van der Waals surface area contributed by atoms with Crippen LogP contribution < -0.4 is 11.2 Å². The van der Waals surface area contributed by atoms with Crippen LogP contribution in [0.15, 0.2) is 94.6 Å². The molecule has 0 aliphatic carbocycles. The number of fused-ring (bicyclic) bond motifs is 1. The number of nitrogens with one attached hydrogen (secondary N) is 1. The molecule has 3 aromatic heterocycles. The van der Waals surface area contributed by atoms with Crippen LogP contribution in [0.5, 0.6) is 0 Å². The third kappa shape index (κ3) is 2.76. The highest BCUT2D eigenvalue weighted by atomic mass is 16.2. The van der Waals surface area contributed by atoms with Gasteiger partial charge in [-0.2, -0.15) is 5.10 Å². The topological polar surface area (TPSA) is 85.6 Å². The molecule has 0 radical (unpaired) electrons. The Balaban J connectivity index is 1.91. The highest BCUT2D eigenvalue weighted by molar-refractivity contribution is 5.90. The molecule has 0 bridgehead atoms. The second-order valence-corrected chi connectivity index (χ2v) is 6.44. The van der Waals surface area contributed by atoms with Gasteiger partial charge in [-0.05, 0) is 24.3 Å². The number of para-hydroxylation sites is 1. The number of aromatic amines is 1. The Kier molecular flexibility index (Phi) is 3.91. The van der Waals surface area contributed by atoms with Crippen LogP contribution in [0.1, 0.15) is 0 Å². The zero-order chi connectivity index (χ0) is 19.8. The molecule has 3 heterocycles. The maximum absolute atomic E-state index is 13.4. The van der Waals surface area contributed by atoms with Gasteiger partial charge in [-0.1, -0.05) is 54.6 Å². The summed E-state index contributed by atoms with van der Waals surface area (Å²) in [5.74, 6) is 0.253. The molecular formula is C22H15N5O2. The first-order valence-corrected chi connectivity index (χ1v) is 9.04. The molecule has 0 unspecified atom stereocenters. The third-order valence-corrected chi connectivity index (χ3v) is 4.65. The first-order chi connectivity index (χ1) is 14.2. The van der Waals surface area contributed by atoms with E-state index < -0.39 is 11.2 Å². The van der Waals surface area contributed by atoms with Crippen LogP contribution in [0.2, 0.25) is 0 Å². The maximum atomic E-state index is 13.4. The van der Waals surface area contributed by atoms with E-state index in [0.717, 1.165) is 15.8 Å². The minimum atomic E-state index is -0.564. The Morgan fingerprint density at radius 2 is 1.48 bits per heavy atom. The van der Waals surface area contributed by atoms with E-state index in [1.807, 2.05) is 60.7 Å². The number of H-pyrrole nitrogens is 1. The van der Waals surface area contributed by atoms with Gasteiger partial charge in [0, 0.05) is 11.8 Å². The van der Waals surface area contributed by atoms with Crippen molar-refractivity contribution in [3.63, 3.8) is 0 Å². The lowest BCUT2D eigenvalue weighted by Gasteiger charge is -2.06. The predicted molar refractivity (Wildman–Crippen MR) is 111 cm³/mol. The first-order valence-electron chi connectivity index (χ1n) is 9.04. The largest absolute Gasteiger partial charge is 0.334 e. The second-order valence-electron chi connectivity index (χ2n) is 6.44. The molecule has 1 N–H and O–H groups in total. The molecule has 0 aliphatic rings. The number of pyridine rings is 1. The van der Waals surface area contributed by atoms with Crippen molar-refractivity contribution in [3.05, 3.63) is 106 Å². The second kappa shape index (κ2) is 6.72. The molecule has 7 heteroatoms. The van der Waals surface area contributed by atoms with Crippen molar-refractivity contribution >= 4 is 11.0 Å². The number of aromatic nitrogens is 5. The first kappa shape index (κ1) is 16.9. The normalized spacial score (nSPS) is 11.0. The Hall–Kier alpha value is -4.26. The zero-order valence-corrected chi connectivity index (χ0v) is 15.2. The van der Waals surface area contributed by atoms with Gasteiger partial charge in [-0.15, -0.1) is 0 Å². The van der Waals surface area contributed by atoms with E-state index in [-0.39, 0.29) is 11.3 Å². The average Bonchev–Trinajstić information content (AvgIpc) is 3.15. The highest BCUT2D eigenvalue weighted by Gasteiger charge is 2.21. The van der Waals surface area contributed by atoms with Gasteiger partial charge >= 0.3 is 5.69 Å². The van der Waals surface area contributed by atoms with E-state index in [1.165, 1.54) is 6.20 Å². The average molecular weight is 381 g/mol. The van der Waals surface area contributed by atoms with Crippen molar-refractivity contribution in [2.24, 2.45) is 0 Å². The lowest BCUT2D eigenvalue weighted by atomic mass is 10.1. The van der Waals surface area contributed by atoms with Crippen molar-refractivity contribution in [1.82, 2.24) is 24.3 Å². The summed E-state index contributed by atoms with van der Waals surface area (Å²) in [4.78, 5) is 33.2. The smallest absolute Gasteiger partial charge is 0.303 e. The predicted octanol–water partition coefficient (Wildman–Crippen LogP) is 2.93. The Morgan fingerprint density at radius 3 is 2.17 bits per heavy atom. The summed E-state index contributed by atoms with van der Waals surface area (Å²) in [5, 5.41) is 4.68. The molecule has 0 amide bonds. The summed E-state index contributed by atoms with van der Waals surface area (Å²) < 4.78 is 2.59. The van der Waals surface area contributed by atoms with Crippen LogP contribution in [0, 0.1) is 0 Å². The van der Waals surface area contributed by atoms with Crippen molar-refractivity contribution in [2.45, 2.75) is 0 Å². The van der Waals surface area contributed by atoms with Crippen LogP contribution in [0.3, 0.4) is 0 Å². The molecule has 0 aliphatic heterocycles. The fourth-order valence-electron chi connectivity index (χ4n) is 3.34. The van der Waals surface area contributed by atoms with E-state index in [1.54, 1.807) is 22.9 Å². The molecular weight excluding hydrogens is 366 g/mol. The van der Waals surface area contributed by atoms with E-state index in [9.17, 15) is 9.59 Å². The maximum Gasteiger partial charge on any atom is 0.334 e. The van der Waals surface area contributed by atoms with Crippen LogP contribution in [0.25, 0.3) is 33.8 Å². The molecule has 5 rings (SSSR count). The number of nitrogens with zero attached hydrogens (tertiary/aromatic N) is 4. The Labute approximate surface area is 164 Å². The summed E-state index contributed by atoms with van der Waals surface area (Å²) in [6.45, 7) is 0. The number of hydrogen-bond donors (Lipinski definition) is 1. The fourth-order valence-corrected chi connectivity index (χ4v) is 3.34. The van der Waals surface area contributed by atoms with Crippen LogP contribution >= 0.6 is 0 Å². The van der Waals surface area contributed by atoms with Crippen molar-refractivity contribution < 1.29 is 0 Å². The quantitative estimate of drug-likeness (QED) is 0.521. The summed E-state index contributed by atoms with van der Waals surface area (Å²) in [7, 11) is 0. The lowest BCUT2D eigenvalue weighted by molar-refractivity contribution is 0.847. The number of rotatable bonds is 3. The molecule has 29 heavy (non-hydrogen) atoms. The molecule has 0 atom stereocenters. The molecule has 2 aromatic carbocycles. The Morgan fingerprint density at radius 1 is 0.793 bits per heavy atom. The Bertz CT molecular complexity index is 1420. The lowest BCUT2D eigenvalue weighted by Crippen LogP contribution is -2.34. The van der Waals surface area contributed by atoms with Gasteiger partial charge in [-0.3, -0.25) is 4.79 Å². The van der Waals surface area contributed by atoms with Crippen molar-refractivity contribution in [3.8, 4) is 22.8 Å². The third-order valence-electron chi connectivity index (χ3n) is 4.65. The van der Waals surface area contributed by atoms with E-state index in [0.29, 0.717) is 11.2 Å². The highest BCUT2D eigenvalue weighted by Crippen LogP contribution is 2.26. The van der Waals surface area contributed by atoms with Gasteiger partial charge < -0.3 is 4.98 Å². The monoisotopic (exact) mass is 381 g/mol.